The Hall–Kier alpha value is -2.57. The molecule has 166 valence electrons. The highest BCUT2D eigenvalue weighted by Gasteiger charge is 2.41. The third-order valence-electron chi connectivity index (χ3n) is 5.39. The second-order valence-electron chi connectivity index (χ2n) is 8.22. The molecule has 2 N–H and O–H groups in total. The first kappa shape index (κ1) is 23.1. The highest BCUT2D eigenvalue weighted by molar-refractivity contribution is 6.30. The van der Waals surface area contributed by atoms with E-state index in [1.54, 1.807) is 24.3 Å². The lowest BCUT2D eigenvalue weighted by molar-refractivity contribution is -0.126. The van der Waals surface area contributed by atoms with Gasteiger partial charge in [-0.05, 0) is 49.2 Å². The minimum Gasteiger partial charge on any atom is -0.493 e. The van der Waals surface area contributed by atoms with E-state index in [1.807, 2.05) is 26.0 Å². The summed E-state index contributed by atoms with van der Waals surface area (Å²) in [5, 5.41) is 13.2. The molecule has 1 amide bonds. The lowest BCUT2D eigenvalue weighted by Gasteiger charge is -2.43. The van der Waals surface area contributed by atoms with Gasteiger partial charge in [0.1, 0.15) is 5.75 Å². The van der Waals surface area contributed by atoms with Crippen LogP contribution in [-0.2, 0) is 9.53 Å². The van der Waals surface area contributed by atoms with Crippen molar-refractivity contribution in [1.29, 1.82) is 0 Å². The number of carbonyl (C=O) groups is 2. The van der Waals surface area contributed by atoms with Crippen molar-refractivity contribution in [2.45, 2.75) is 57.8 Å². The maximum absolute atomic E-state index is 11.9. The maximum Gasteiger partial charge on any atom is 0.335 e. The van der Waals surface area contributed by atoms with Crippen molar-refractivity contribution in [2.75, 3.05) is 6.61 Å². The van der Waals surface area contributed by atoms with Crippen LogP contribution in [0.3, 0.4) is 0 Å². The second-order valence-corrected chi connectivity index (χ2v) is 8.66. The van der Waals surface area contributed by atoms with E-state index in [0.29, 0.717) is 35.8 Å². The minimum absolute atomic E-state index is 0.125. The van der Waals surface area contributed by atoms with Crippen molar-refractivity contribution >= 4 is 23.5 Å². The topological polar surface area (TPSA) is 84.9 Å². The molecule has 1 fully saturated rings. The van der Waals surface area contributed by atoms with E-state index in [4.69, 9.17) is 21.1 Å². The van der Waals surface area contributed by atoms with Crippen molar-refractivity contribution in [2.24, 2.45) is 0 Å². The molecule has 0 bridgehead atoms. The Morgan fingerprint density at radius 1 is 1.19 bits per heavy atom. The molecule has 6 nitrogen and oxygen atoms in total. The Kier molecular flexibility index (Phi) is 7.23. The Balaban J connectivity index is 2.03. The number of nitrogens with one attached hydrogen (secondary N) is 1. The minimum atomic E-state index is -1.02. The third-order valence-corrected chi connectivity index (χ3v) is 5.64. The van der Waals surface area contributed by atoms with E-state index in [2.05, 4.69) is 5.32 Å². The van der Waals surface area contributed by atoms with Crippen LogP contribution in [0.2, 0.25) is 5.02 Å². The van der Waals surface area contributed by atoms with Crippen molar-refractivity contribution in [3.05, 3.63) is 64.2 Å². The first-order valence-electron chi connectivity index (χ1n) is 10.4. The molecule has 7 heteroatoms. The van der Waals surface area contributed by atoms with Crippen molar-refractivity contribution in [1.82, 2.24) is 5.32 Å². The largest absolute Gasteiger partial charge is 0.493 e. The van der Waals surface area contributed by atoms with Crippen LogP contribution in [0.15, 0.2) is 42.5 Å². The van der Waals surface area contributed by atoms with E-state index in [1.165, 1.54) is 13.0 Å². The molecule has 31 heavy (non-hydrogen) atoms. The van der Waals surface area contributed by atoms with Gasteiger partial charge in [0.2, 0.25) is 5.91 Å². The van der Waals surface area contributed by atoms with Crippen LogP contribution in [-0.4, -0.2) is 29.1 Å². The molecule has 1 heterocycles. The molecule has 2 aromatic rings. The quantitative estimate of drug-likeness (QED) is 0.602. The van der Waals surface area contributed by atoms with Crippen LogP contribution in [0.4, 0.5) is 0 Å². The molecule has 0 aromatic heterocycles. The highest BCUT2D eigenvalue weighted by atomic mass is 35.5. The zero-order chi connectivity index (χ0) is 22.6. The first-order chi connectivity index (χ1) is 14.7. The van der Waals surface area contributed by atoms with Gasteiger partial charge in [-0.25, -0.2) is 4.79 Å². The number of carboxylic acids is 1. The van der Waals surface area contributed by atoms with Gasteiger partial charge in [0.15, 0.2) is 0 Å². The number of carbonyl (C=O) groups excluding carboxylic acids is 1. The summed E-state index contributed by atoms with van der Waals surface area (Å²) >= 11 is 6.05. The number of amides is 1. The molecule has 1 saturated heterocycles. The van der Waals surface area contributed by atoms with Crippen LogP contribution in [0.1, 0.15) is 73.7 Å². The second kappa shape index (κ2) is 9.71. The summed E-state index contributed by atoms with van der Waals surface area (Å²) in [6.07, 6.45) is 1.12. The molecule has 0 saturated carbocycles. The van der Waals surface area contributed by atoms with E-state index in [-0.39, 0.29) is 17.6 Å². The van der Waals surface area contributed by atoms with Crippen LogP contribution >= 0.6 is 11.6 Å². The van der Waals surface area contributed by atoms with Gasteiger partial charge in [-0.15, -0.1) is 0 Å². The number of halogens is 1. The lowest BCUT2D eigenvalue weighted by atomic mass is 9.81. The van der Waals surface area contributed by atoms with Crippen LogP contribution in [0, 0.1) is 0 Å². The molecule has 2 aromatic carbocycles. The number of aromatic carboxylic acids is 1. The van der Waals surface area contributed by atoms with Gasteiger partial charge in [0.05, 0.1) is 24.4 Å². The Bertz CT molecular complexity index is 945. The fourth-order valence-electron chi connectivity index (χ4n) is 4.06. The van der Waals surface area contributed by atoms with Crippen LogP contribution < -0.4 is 10.1 Å². The molecule has 3 atom stereocenters. The number of carboxylic acid groups (broad SMARTS) is 1. The van der Waals surface area contributed by atoms with E-state index >= 15 is 0 Å². The molecule has 1 aliphatic rings. The van der Waals surface area contributed by atoms with E-state index < -0.39 is 17.6 Å². The predicted molar refractivity (Wildman–Crippen MR) is 119 cm³/mol. The standard InChI is InChI=1S/C24H28ClNO5/c1-4-11-30-20-10-7-17(23(28)29)12-19(20)22-14-24(3,26-15(2)27)13-21(31-22)16-5-8-18(25)9-6-16/h5-10,12,21-22H,4,11,13-14H2,1-3H3,(H,26,27)(H,28,29)/t21-,22+,24-/m0/s1. The third kappa shape index (κ3) is 5.77. The normalized spacial score (nSPS) is 23.2. The SMILES string of the molecule is CCCOc1ccc(C(=O)O)cc1[C@H]1C[C@@](C)(NC(C)=O)C[C@@H](c2ccc(Cl)cc2)O1. The molecule has 1 aliphatic heterocycles. The average Bonchev–Trinajstić information content (AvgIpc) is 2.71. The van der Waals surface area contributed by atoms with E-state index in [0.717, 1.165) is 12.0 Å². The van der Waals surface area contributed by atoms with Crippen molar-refractivity contribution < 1.29 is 24.2 Å². The molecule has 0 radical (unpaired) electrons. The summed E-state index contributed by atoms with van der Waals surface area (Å²) in [5.74, 6) is -0.545. The van der Waals surface area contributed by atoms with Gasteiger partial charge in [-0.1, -0.05) is 30.7 Å². The summed E-state index contributed by atoms with van der Waals surface area (Å²) < 4.78 is 12.4. The molecule has 0 unspecified atom stereocenters. The van der Waals surface area contributed by atoms with Gasteiger partial charge in [-0.3, -0.25) is 4.79 Å². The van der Waals surface area contributed by atoms with Gasteiger partial charge >= 0.3 is 5.97 Å². The van der Waals surface area contributed by atoms with Gasteiger partial charge in [0.25, 0.3) is 0 Å². The average molecular weight is 446 g/mol. The highest BCUT2D eigenvalue weighted by Crippen LogP contribution is 2.46. The van der Waals surface area contributed by atoms with Gasteiger partial charge in [0, 0.05) is 35.9 Å². The number of hydrogen-bond donors (Lipinski definition) is 2. The summed E-state index contributed by atoms with van der Waals surface area (Å²) in [4.78, 5) is 23.5. The lowest BCUT2D eigenvalue weighted by Crippen LogP contribution is -2.50. The number of ether oxygens (including phenoxy) is 2. The fraction of sp³-hybridized carbons (Fsp3) is 0.417. The Morgan fingerprint density at radius 3 is 2.48 bits per heavy atom. The Labute approximate surface area is 187 Å². The summed E-state index contributed by atoms with van der Waals surface area (Å²) in [6, 6.07) is 12.2. The van der Waals surface area contributed by atoms with Crippen LogP contribution in [0.25, 0.3) is 0 Å². The zero-order valence-electron chi connectivity index (χ0n) is 18.0. The predicted octanol–water partition coefficient (Wildman–Crippen LogP) is 5.31. The number of rotatable bonds is 7. The summed E-state index contributed by atoms with van der Waals surface area (Å²) in [7, 11) is 0. The van der Waals surface area contributed by atoms with Gasteiger partial charge in [-0.2, -0.15) is 0 Å². The molecular formula is C24H28ClNO5. The monoisotopic (exact) mass is 445 g/mol. The Morgan fingerprint density at radius 2 is 1.87 bits per heavy atom. The number of benzene rings is 2. The fourth-order valence-corrected chi connectivity index (χ4v) is 4.18. The van der Waals surface area contributed by atoms with Crippen molar-refractivity contribution in [3.8, 4) is 5.75 Å². The number of hydrogen-bond acceptors (Lipinski definition) is 4. The first-order valence-corrected chi connectivity index (χ1v) is 10.8. The van der Waals surface area contributed by atoms with Gasteiger partial charge < -0.3 is 19.9 Å². The molecular weight excluding hydrogens is 418 g/mol. The summed E-state index contributed by atoms with van der Waals surface area (Å²) in [6.45, 7) is 6.00. The molecule has 0 aliphatic carbocycles. The summed E-state index contributed by atoms with van der Waals surface area (Å²) in [5.41, 5.74) is 1.23. The smallest absolute Gasteiger partial charge is 0.335 e. The zero-order valence-corrected chi connectivity index (χ0v) is 18.7. The molecule has 3 rings (SSSR count). The van der Waals surface area contributed by atoms with Crippen molar-refractivity contribution in [3.63, 3.8) is 0 Å². The van der Waals surface area contributed by atoms with Crippen LogP contribution in [0.5, 0.6) is 5.75 Å². The van der Waals surface area contributed by atoms with E-state index in [9.17, 15) is 14.7 Å². The maximum atomic E-state index is 11.9. The molecule has 0 spiro atoms.